The molecule has 2 aliphatic heterocycles. The molecule has 1 aromatic heterocycles. The van der Waals surface area contributed by atoms with Gasteiger partial charge in [-0.05, 0) is 36.1 Å². The van der Waals surface area contributed by atoms with Crippen LogP contribution in [0.4, 0.5) is 4.39 Å². The molecule has 6 nitrogen and oxygen atoms in total. The first kappa shape index (κ1) is 21.7. The van der Waals surface area contributed by atoms with E-state index < -0.39 is 23.5 Å². The van der Waals surface area contributed by atoms with Crippen molar-refractivity contribution in [1.82, 2.24) is 9.88 Å². The SMILES string of the molecule is CCc1cccc2c(C(=O)COC(=O)[C@H]3CS[C@]4(c5ccc(F)cc5)CCC(=O)N34)c[nH]c12. The number of hydrogen-bond acceptors (Lipinski definition) is 5. The number of ketones is 1. The first-order chi connectivity index (χ1) is 15.9. The van der Waals surface area contributed by atoms with Gasteiger partial charge in [-0.25, -0.2) is 9.18 Å². The van der Waals surface area contributed by atoms with E-state index in [4.69, 9.17) is 4.74 Å². The Labute approximate surface area is 194 Å². The van der Waals surface area contributed by atoms with Gasteiger partial charge in [-0.3, -0.25) is 9.59 Å². The third kappa shape index (κ3) is 3.53. The highest BCUT2D eigenvalue weighted by Gasteiger charge is 2.57. The van der Waals surface area contributed by atoms with Crippen LogP contribution in [-0.4, -0.2) is 45.9 Å². The molecule has 2 saturated heterocycles. The van der Waals surface area contributed by atoms with Crippen molar-refractivity contribution in [3.8, 4) is 0 Å². The molecule has 2 atom stereocenters. The largest absolute Gasteiger partial charge is 0.456 e. The fraction of sp³-hybridized carbons (Fsp3) is 0.320. The molecule has 2 fully saturated rings. The molecule has 0 bridgehead atoms. The van der Waals surface area contributed by atoms with Gasteiger partial charge in [0.05, 0.1) is 0 Å². The Kier molecular flexibility index (Phi) is 5.48. The number of aromatic amines is 1. The molecule has 33 heavy (non-hydrogen) atoms. The van der Waals surface area contributed by atoms with Crippen molar-refractivity contribution < 1.29 is 23.5 Å². The number of aryl methyl sites for hydroxylation is 1. The van der Waals surface area contributed by atoms with Crippen molar-refractivity contribution in [2.75, 3.05) is 12.4 Å². The number of nitrogens with one attached hydrogen (secondary N) is 1. The lowest BCUT2D eigenvalue weighted by atomic mass is 10.0. The molecule has 170 valence electrons. The lowest BCUT2D eigenvalue weighted by Gasteiger charge is -2.33. The molecule has 1 N–H and O–H groups in total. The van der Waals surface area contributed by atoms with Crippen LogP contribution in [0.25, 0.3) is 10.9 Å². The van der Waals surface area contributed by atoms with Gasteiger partial charge in [-0.15, -0.1) is 11.8 Å². The Morgan fingerprint density at radius 1 is 1.24 bits per heavy atom. The number of rotatable bonds is 6. The molecular weight excluding hydrogens is 443 g/mol. The number of fused-ring (bicyclic) bond motifs is 2. The number of benzene rings is 2. The summed E-state index contributed by atoms with van der Waals surface area (Å²) in [7, 11) is 0. The molecule has 1 amide bonds. The van der Waals surface area contributed by atoms with Crippen LogP contribution >= 0.6 is 11.8 Å². The van der Waals surface area contributed by atoms with E-state index in [0.717, 1.165) is 28.5 Å². The summed E-state index contributed by atoms with van der Waals surface area (Å²) in [6.07, 6.45) is 3.33. The summed E-state index contributed by atoms with van der Waals surface area (Å²) in [5.41, 5.74) is 3.29. The molecule has 3 aromatic rings. The number of halogens is 1. The van der Waals surface area contributed by atoms with Gasteiger partial charge in [0, 0.05) is 34.8 Å². The zero-order valence-corrected chi connectivity index (χ0v) is 18.9. The van der Waals surface area contributed by atoms with Gasteiger partial charge in [-0.1, -0.05) is 37.3 Å². The Morgan fingerprint density at radius 2 is 2.03 bits per heavy atom. The van der Waals surface area contributed by atoms with E-state index in [1.165, 1.54) is 23.9 Å². The van der Waals surface area contributed by atoms with E-state index in [1.54, 1.807) is 23.2 Å². The van der Waals surface area contributed by atoms with Crippen LogP contribution in [0, 0.1) is 5.82 Å². The predicted molar refractivity (Wildman–Crippen MR) is 123 cm³/mol. The van der Waals surface area contributed by atoms with Gasteiger partial charge in [-0.2, -0.15) is 0 Å². The maximum absolute atomic E-state index is 13.4. The molecule has 0 spiro atoms. The van der Waals surface area contributed by atoms with E-state index in [9.17, 15) is 18.8 Å². The molecule has 3 heterocycles. The lowest BCUT2D eigenvalue weighted by molar-refractivity contribution is -0.152. The van der Waals surface area contributed by atoms with Crippen molar-refractivity contribution in [3.63, 3.8) is 0 Å². The summed E-state index contributed by atoms with van der Waals surface area (Å²) < 4.78 is 18.8. The zero-order valence-electron chi connectivity index (χ0n) is 18.1. The number of amides is 1. The van der Waals surface area contributed by atoms with Crippen LogP contribution in [0.5, 0.6) is 0 Å². The van der Waals surface area contributed by atoms with Crippen LogP contribution in [0.3, 0.4) is 0 Å². The average molecular weight is 467 g/mol. The van der Waals surface area contributed by atoms with Gasteiger partial charge in [0.2, 0.25) is 11.7 Å². The number of aromatic nitrogens is 1. The monoisotopic (exact) mass is 466 g/mol. The number of ether oxygens (including phenoxy) is 1. The molecule has 5 rings (SSSR count). The van der Waals surface area contributed by atoms with Crippen molar-refractivity contribution >= 4 is 40.3 Å². The summed E-state index contributed by atoms with van der Waals surface area (Å²) >= 11 is 1.49. The summed E-state index contributed by atoms with van der Waals surface area (Å²) in [4.78, 5) is 42.5. The number of esters is 1. The van der Waals surface area contributed by atoms with Gasteiger partial charge < -0.3 is 14.6 Å². The molecular formula is C25H23FN2O4S. The summed E-state index contributed by atoms with van der Waals surface area (Å²) in [5.74, 6) is -1.02. The lowest BCUT2D eigenvalue weighted by Crippen LogP contribution is -2.47. The minimum atomic E-state index is -0.780. The van der Waals surface area contributed by atoms with Gasteiger partial charge >= 0.3 is 5.97 Å². The summed E-state index contributed by atoms with van der Waals surface area (Å²) in [6, 6.07) is 11.0. The predicted octanol–water partition coefficient (Wildman–Crippen LogP) is 4.19. The highest BCUT2D eigenvalue weighted by atomic mass is 32.2. The quantitative estimate of drug-likeness (QED) is 0.435. The fourth-order valence-electron chi connectivity index (χ4n) is 4.88. The number of nitrogens with zero attached hydrogens (tertiary/aromatic N) is 1. The van der Waals surface area contributed by atoms with E-state index in [2.05, 4.69) is 4.98 Å². The first-order valence-electron chi connectivity index (χ1n) is 11.0. The molecule has 2 aliphatic rings. The number of Topliss-reactive ketones (excluding diaryl/α,β-unsaturated/α-hetero) is 1. The van der Waals surface area contributed by atoms with Crippen molar-refractivity contribution in [3.05, 3.63) is 71.2 Å². The maximum Gasteiger partial charge on any atom is 0.330 e. The van der Waals surface area contributed by atoms with Crippen molar-refractivity contribution in [1.29, 1.82) is 0 Å². The Hall–Kier alpha value is -3.13. The van der Waals surface area contributed by atoms with Crippen LogP contribution in [-0.2, 0) is 25.6 Å². The van der Waals surface area contributed by atoms with Crippen LogP contribution in [0.15, 0.2) is 48.7 Å². The first-order valence-corrected chi connectivity index (χ1v) is 11.9. The average Bonchev–Trinajstić information content (AvgIpc) is 3.52. The van der Waals surface area contributed by atoms with E-state index in [0.29, 0.717) is 24.2 Å². The Balaban J connectivity index is 1.32. The van der Waals surface area contributed by atoms with Crippen LogP contribution in [0.1, 0.15) is 41.3 Å². The maximum atomic E-state index is 13.4. The normalized spacial score (nSPS) is 22.1. The second-order valence-electron chi connectivity index (χ2n) is 8.31. The second-order valence-corrected chi connectivity index (χ2v) is 9.61. The highest BCUT2D eigenvalue weighted by Crippen LogP contribution is 2.54. The molecule has 0 saturated carbocycles. The third-order valence-electron chi connectivity index (χ3n) is 6.52. The van der Waals surface area contributed by atoms with Gasteiger partial charge in [0.1, 0.15) is 16.7 Å². The molecule has 0 unspecified atom stereocenters. The molecule has 8 heteroatoms. The summed E-state index contributed by atoms with van der Waals surface area (Å²) in [6.45, 7) is 1.65. The number of para-hydroxylation sites is 1. The molecule has 2 aromatic carbocycles. The number of thioether (sulfide) groups is 1. The standard InChI is InChI=1S/C25H23FN2O4S/c1-2-15-4-3-5-18-19(12-27-23(15)18)21(29)13-32-24(31)20-14-33-25(11-10-22(30)28(20)25)16-6-8-17(26)9-7-16/h3-9,12,20,27H,2,10-11,13-14H2,1H3/t20-,25+/m1/s1. The minimum absolute atomic E-state index is 0.138. The van der Waals surface area contributed by atoms with Crippen LogP contribution in [0.2, 0.25) is 0 Å². The minimum Gasteiger partial charge on any atom is -0.456 e. The molecule has 0 radical (unpaired) electrons. The van der Waals surface area contributed by atoms with Crippen molar-refractivity contribution in [2.24, 2.45) is 0 Å². The van der Waals surface area contributed by atoms with E-state index >= 15 is 0 Å². The van der Waals surface area contributed by atoms with Gasteiger partial charge in [0.15, 0.2) is 6.61 Å². The zero-order chi connectivity index (χ0) is 23.2. The summed E-state index contributed by atoms with van der Waals surface area (Å²) in [5, 5.41) is 0.803. The van der Waals surface area contributed by atoms with Crippen molar-refractivity contribution in [2.45, 2.75) is 37.1 Å². The van der Waals surface area contributed by atoms with Gasteiger partial charge in [0.25, 0.3) is 0 Å². The number of H-pyrrole nitrogens is 1. The van der Waals surface area contributed by atoms with E-state index in [1.807, 2.05) is 25.1 Å². The Morgan fingerprint density at radius 3 is 2.79 bits per heavy atom. The molecule has 0 aliphatic carbocycles. The number of carbonyl (C=O) groups is 3. The highest BCUT2D eigenvalue weighted by molar-refractivity contribution is 8.00. The fourth-order valence-corrected chi connectivity index (χ4v) is 6.52. The smallest absolute Gasteiger partial charge is 0.330 e. The number of carbonyl (C=O) groups excluding carboxylic acids is 3. The third-order valence-corrected chi connectivity index (χ3v) is 8.12. The Bertz CT molecular complexity index is 1260. The number of hydrogen-bond donors (Lipinski definition) is 1. The topological polar surface area (TPSA) is 79.5 Å². The van der Waals surface area contributed by atoms with Crippen LogP contribution < -0.4 is 0 Å². The second kappa shape index (κ2) is 8.33. The van der Waals surface area contributed by atoms with E-state index in [-0.39, 0.29) is 17.5 Å².